The summed E-state index contributed by atoms with van der Waals surface area (Å²) in [6, 6.07) is 7.67. The molecule has 136 valence electrons. The zero-order valence-corrected chi connectivity index (χ0v) is 15.1. The minimum Gasteiger partial charge on any atom is -0.481 e. The van der Waals surface area contributed by atoms with Gasteiger partial charge in [0, 0.05) is 26.2 Å². The van der Waals surface area contributed by atoms with Crippen LogP contribution >= 0.6 is 0 Å². The summed E-state index contributed by atoms with van der Waals surface area (Å²) in [6.45, 7) is 7.09. The largest absolute Gasteiger partial charge is 0.481 e. The Morgan fingerprint density at radius 2 is 2.08 bits per heavy atom. The van der Waals surface area contributed by atoms with Crippen LogP contribution in [-0.2, 0) is 6.42 Å². The maximum Gasteiger partial charge on any atom is 0.314 e. The first-order valence-electron chi connectivity index (χ1n) is 9.06. The van der Waals surface area contributed by atoms with Crippen LogP contribution in [0.3, 0.4) is 0 Å². The van der Waals surface area contributed by atoms with Gasteiger partial charge in [-0.3, -0.25) is 0 Å². The fourth-order valence-electron chi connectivity index (χ4n) is 3.08. The van der Waals surface area contributed by atoms with Crippen LogP contribution in [0.15, 0.2) is 24.3 Å². The molecule has 0 aromatic heterocycles. The number of urea groups is 1. The van der Waals surface area contributed by atoms with Gasteiger partial charge in [0.05, 0.1) is 0 Å². The van der Waals surface area contributed by atoms with Crippen molar-refractivity contribution >= 4 is 6.03 Å². The molecule has 0 aliphatic carbocycles. The number of carbonyl (C=O) groups is 1. The Bertz CT molecular complexity index is 565. The summed E-state index contributed by atoms with van der Waals surface area (Å²) in [5.41, 5.74) is 1.15. The molecule has 1 aliphatic heterocycles. The minimum absolute atomic E-state index is 0.0981. The van der Waals surface area contributed by atoms with Crippen molar-refractivity contribution in [2.45, 2.75) is 26.2 Å². The normalized spacial score (nSPS) is 17.5. The van der Waals surface area contributed by atoms with Gasteiger partial charge in [-0.15, -0.1) is 6.42 Å². The van der Waals surface area contributed by atoms with E-state index in [0.29, 0.717) is 13.1 Å². The quantitative estimate of drug-likeness (QED) is 0.712. The number of benzene rings is 1. The molecule has 0 saturated carbocycles. The molecule has 1 saturated heterocycles. The van der Waals surface area contributed by atoms with Crippen molar-refractivity contribution < 1.29 is 9.53 Å². The molecule has 2 rings (SSSR count). The highest BCUT2D eigenvalue weighted by Gasteiger charge is 2.15. The van der Waals surface area contributed by atoms with Gasteiger partial charge in [-0.1, -0.05) is 25.0 Å². The van der Waals surface area contributed by atoms with Gasteiger partial charge < -0.3 is 20.3 Å². The second-order valence-corrected chi connectivity index (χ2v) is 6.62. The van der Waals surface area contributed by atoms with Crippen LogP contribution in [0, 0.1) is 18.3 Å². The highest BCUT2D eigenvalue weighted by Crippen LogP contribution is 2.14. The zero-order chi connectivity index (χ0) is 17.9. The van der Waals surface area contributed by atoms with Gasteiger partial charge >= 0.3 is 6.03 Å². The molecular weight excluding hydrogens is 314 g/mol. The van der Waals surface area contributed by atoms with E-state index in [1.165, 1.54) is 12.8 Å². The smallest absolute Gasteiger partial charge is 0.314 e. The fraction of sp³-hybridized carbons (Fsp3) is 0.550. The van der Waals surface area contributed by atoms with Gasteiger partial charge in [-0.05, 0) is 49.4 Å². The maximum atomic E-state index is 11.8. The molecule has 5 nitrogen and oxygen atoms in total. The molecule has 1 atom stereocenters. The number of hydrogen-bond donors (Lipinski definition) is 2. The molecule has 5 heteroatoms. The number of terminal acetylenes is 1. The lowest BCUT2D eigenvalue weighted by Crippen LogP contribution is -2.43. The Morgan fingerprint density at radius 3 is 2.80 bits per heavy atom. The molecule has 0 bridgehead atoms. The van der Waals surface area contributed by atoms with Crippen LogP contribution in [0.5, 0.6) is 5.75 Å². The summed E-state index contributed by atoms with van der Waals surface area (Å²) in [6.07, 6.45) is 8.53. The molecule has 2 N–H and O–H groups in total. The van der Waals surface area contributed by atoms with Crippen molar-refractivity contribution in [3.63, 3.8) is 0 Å². The predicted octanol–water partition coefficient (Wildman–Crippen LogP) is 2.27. The predicted molar refractivity (Wildman–Crippen MR) is 101 cm³/mol. The molecule has 1 heterocycles. The van der Waals surface area contributed by atoms with Crippen molar-refractivity contribution in [2.24, 2.45) is 5.92 Å². The van der Waals surface area contributed by atoms with Crippen molar-refractivity contribution in [2.75, 3.05) is 39.3 Å². The summed E-state index contributed by atoms with van der Waals surface area (Å²) < 4.78 is 5.33. The Hall–Kier alpha value is -2.19. The maximum absolute atomic E-state index is 11.8. The summed E-state index contributed by atoms with van der Waals surface area (Å²) in [7, 11) is 0. The van der Waals surface area contributed by atoms with Crippen molar-refractivity contribution in [1.82, 2.24) is 15.5 Å². The highest BCUT2D eigenvalue weighted by molar-refractivity contribution is 5.73. The summed E-state index contributed by atoms with van der Waals surface area (Å²) >= 11 is 0. The number of nitrogens with one attached hydrogen (secondary N) is 2. The number of rotatable bonds is 8. The van der Waals surface area contributed by atoms with Crippen molar-refractivity contribution in [3.05, 3.63) is 29.8 Å². The summed E-state index contributed by atoms with van der Waals surface area (Å²) in [5.74, 6) is 3.97. The number of likely N-dealkylation sites (tertiary alicyclic amines) is 1. The molecular formula is C20H29N3O2. The lowest BCUT2D eigenvalue weighted by molar-refractivity contribution is 0.184. The molecule has 1 unspecified atom stereocenters. The molecule has 1 aromatic rings. The van der Waals surface area contributed by atoms with E-state index >= 15 is 0 Å². The molecule has 25 heavy (non-hydrogen) atoms. The lowest BCUT2D eigenvalue weighted by Gasteiger charge is -2.30. The van der Waals surface area contributed by atoms with E-state index in [1.54, 1.807) is 0 Å². The molecule has 0 spiro atoms. The monoisotopic (exact) mass is 343 g/mol. The molecule has 1 aliphatic rings. The van der Waals surface area contributed by atoms with Gasteiger partial charge in [-0.2, -0.15) is 0 Å². The van der Waals surface area contributed by atoms with Gasteiger partial charge in [0.15, 0.2) is 0 Å². The van der Waals surface area contributed by atoms with E-state index < -0.39 is 0 Å². The Labute approximate surface area is 151 Å². The van der Waals surface area contributed by atoms with Gasteiger partial charge in [0.1, 0.15) is 12.4 Å². The number of amides is 2. The first-order chi connectivity index (χ1) is 12.2. The first kappa shape index (κ1) is 19.1. The van der Waals surface area contributed by atoms with Crippen LogP contribution in [0.25, 0.3) is 0 Å². The van der Waals surface area contributed by atoms with E-state index in [-0.39, 0.29) is 12.6 Å². The lowest BCUT2D eigenvalue weighted by atomic mass is 10.0. The third-order valence-corrected chi connectivity index (χ3v) is 4.40. The number of hydrogen-bond acceptors (Lipinski definition) is 3. The van der Waals surface area contributed by atoms with E-state index in [4.69, 9.17) is 11.2 Å². The molecule has 1 aromatic carbocycles. The van der Waals surface area contributed by atoms with Crippen LogP contribution in [0.4, 0.5) is 4.79 Å². The van der Waals surface area contributed by atoms with Gasteiger partial charge in [0.25, 0.3) is 0 Å². The third-order valence-electron chi connectivity index (χ3n) is 4.40. The molecule has 2 amide bonds. The van der Waals surface area contributed by atoms with Crippen LogP contribution in [0.1, 0.15) is 25.3 Å². The standard InChI is InChI=1S/C20H29N3O2/c1-3-15-25-19-8-6-18(7-9-19)10-11-21-20(24)22-12-14-23-13-4-5-17(2)16-23/h1,6-9,17H,4-5,10-16H2,2H3,(H2,21,22,24). The number of piperidine rings is 1. The van der Waals surface area contributed by atoms with Crippen LogP contribution in [-0.4, -0.2) is 50.3 Å². The first-order valence-corrected chi connectivity index (χ1v) is 9.06. The average molecular weight is 343 g/mol. The van der Waals surface area contributed by atoms with Gasteiger partial charge in [-0.25, -0.2) is 4.79 Å². The summed E-state index contributed by atoms with van der Waals surface area (Å²) in [5, 5.41) is 5.83. The third kappa shape index (κ3) is 7.49. The fourth-order valence-corrected chi connectivity index (χ4v) is 3.08. The number of ether oxygens (including phenoxy) is 1. The Morgan fingerprint density at radius 1 is 1.32 bits per heavy atom. The second-order valence-electron chi connectivity index (χ2n) is 6.62. The SMILES string of the molecule is C#CCOc1ccc(CCNC(=O)NCCN2CCCC(C)C2)cc1. The summed E-state index contributed by atoms with van der Waals surface area (Å²) in [4.78, 5) is 14.3. The molecule has 1 fully saturated rings. The van der Waals surface area contributed by atoms with E-state index in [0.717, 1.165) is 43.3 Å². The van der Waals surface area contributed by atoms with Crippen molar-refractivity contribution in [1.29, 1.82) is 0 Å². The number of carbonyl (C=O) groups excluding carboxylic acids is 1. The van der Waals surface area contributed by atoms with Crippen molar-refractivity contribution in [3.8, 4) is 18.1 Å². The van der Waals surface area contributed by atoms with Gasteiger partial charge in [0.2, 0.25) is 0 Å². The van der Waals surface area contributed by atoms with Crippen LogP contribution < -0.4 is 15.4 Å². The second kappa shape index (κ2) is 10.6. The van der Waals surface area contributed by atoms with Crippen LogP contribution in [0.2, 0.25) is 0 Å². The highest BCUT2D eigenvalue weighted by atomic mass is 16.5. The Balaban J connectivity index is 1.56. The zero-order valence-electron chi connectivity index (χ0n) is 15.1. The average Bonchev–Trinajstić information content (AvgIpc) is 2.61. The number of nitrogens with zero attached hydrogens (tertiary/aromatic N) is 1. The van der Waals surface area contributed by atoms with E-state index in [1.807, 2.05) is 24.3 Å². The van der Waals surface area contributed by atoms with E-state index in [9.17, 15) is 4.79 Å². The molecule has 0 radical (unpaired) electrons. The topological polar surface area (TPSA) is 53.6 Å². The Kier molecular flexibility index (Phi) is 8.14. The van der Waals surface area contributed by atoms with E-state index in [2.05, 4.69) is 28.4 Å². The minimum atomic E-state index is -0.0981.